The summed E-state index contributed by atoms with van der Waals surface area (Å²) >= 11 is 0. The Kier molecular flexibility index (Phi) is 4.28. The predicted molar refractivity (Wildman–Crippen MR) is 97.6 cm³/mol. The molecule has 7 heteroatoms. The number of nitrogens with one attached hydrogen (secondary N) is 2. The monoisotopic (exact) mass is 353 g/mol. The second-order valence-corrected chi connectivity index (χ2v) is 6.72. The highest BCUT2D eigenvalue weighted by Gasteiger charge is 2.26. The number of likely N-dealkylation sites (tertiary alicyclic amines) is 1. The van der Waals surface area contributed by atoms with Crippen LogP contribution in [0.4, 0.5) is 10.1 Å². The van der Waals surface area contributed by atoms with Gasteiger partial charge in [-0.2, -0.15) is 15.4 Å². The number of benzene rings is 2. The summed E-state index contributed by atoms with van der Waals surface area (Å²) in [4.78, 5) is 14.4. The standard InChI is InChI=1S/C19H20FN5O/c1-12-3-2-4-14(9-12)21-13-5-7-25(8-6-13)19(26)15-10-17-18(11-16(15)20)23-24-22-17/h2-4,9-11,13,21H,5-8H2,1H3,(H,22,23,24). The number of hydrogen-bond donors (Lipinski definition) is 2. The van der Waals surface area contributed by atoms with E-state index in [2.05, 4.69) is 39.8 Å². The van der Waals surface area contributed by atoms with Gasteiger partial charge < -0.3 is 10.2 Å². The number of rotatable bonds is 3. The number of nitrogens with zero attached hydrogens (tertiary/aromatic N) is 3. The first-order chi connectivity index (χ1) is 12.6. The van der Waals surface area contributed by atoms with Crippen LogP contribution in [-0.2, 0) is 0 Å². The normalized spacial score (nSPS) is 15.4. The van der Waals surface area contributed by atoms with E-state index >= 15 is 0 Å². The zero-order chi connectivity index (χ0) is 18.1. The number of aromatic amines is 1. The molecular formula is C19H20FN5O. The third-order valence-electron chi connectivity index (χ3n) is 4.81. The summed E-state index contributed by atoms with van der Waals surface area (Å²) in [7, 11) is 0. The second-order valence-electron chi connectivity index (χ2n) is 6.72. The van der Waals surface area contributed by atoms with Crippen molar-refractivity contribution < 1.29 is 9.18 Å². The number of carbonyl (C=O) groups is 1. The van der Waals surface area contributed by atoms with E-state index in [-0.39, 0.29) is 11.5 Å². The van der Waals surface area contributed by atoms with E-state index in [9.17, 15) is 9.18 Å². The molecule has 0 bridgehead atoms. The van der Waals surface area contributed by atoms with Crippen LogP contribution in [0.1, 0.15) is 28.8 Å². The molecule has 1 saturated heterocycles. The number of hydrogen-bond acceptors (Lipinski definition) is 4. The number of aryl methyl sites for hydroxylation is 1. The summed E-state index contributed by atoms with van der Waals surface area (Å²) in [5.74, 6) is -0.849. The molecule has 1 aliphatic rings. The summed E-state index contributed by atoms with van der Waals surface area (Å²) in [6, 6.07) is 11.3. The Morgan fingerprint density at radius 1 is 1.19 bits per heavy atom. The molecule has 3 aromatic rings. The minimum Gasteiger partial charge on any atom is -0.382 e. The van der Waals surface area contributed by atoms with Crippen molar-refractivity contribution in [3.8, 4) is 0 Å². The highest BCUT2D eigenvalue weighted by atomic mass is 19.1. The lowest BCUT2D eigenvalue weighted by atomic mass is 10.0. The van der Waals surface area contributed by atoms with Gasteiger partial charge in [-0.15, -0.1) is 0 Å². The fourth-order valence-electron chi connectivity index (χ4n) is 3.39. The molecule has 0 saturated carbocycles. The molecule has 2 N–H and O–H groups in total. The van der Waals surface area contributed by atoms with Crippen molar-refractivity contribution in [2.24, 2.45) is 0 Å². The molecule has 1 aliphatic heterocycles. The minimum atomic E-state index is -0.559. The van der Waals surface area contributed by atoms with Crippen molar-refractivity contribution in [2.75, 3.05) is 18.4 Å². The molecular weight excluding hydrogens is 333 g/mol. The molecule has 1 aromatic heterocycles. The van der Waals surface area contributed by atoms with Gasteiger partial charge in [-0.25, -0.2) is 4.39 Å². The van der Waals surface area contributed by atoms with Crippen molar-refractivity contribution in [3.05, 3.63) is 53.3 Å². The van der Waals surface area contributed by atoms with Crippen LogP contribution in [0, 0.1) is 12.7 Å². The molecule has 6 nitrogen and oxygen atoms in total. The molecule has 4 rings (SSSR count). The van der Waals surface area contributed by atoms with Crippen LogP contribution >= 0.6 is 0 Å². The molecule has 0 spiro atoms. The van der Waals surface area contributed by atoms with E-state index < -0.39 is 5.82 Å². The highest BCUT2D eigenvalue weighted by Crippen LogP contribution is 2.21. The van der Waals surface area contributed by atoms with Gasteiger partial charge in [0.05, 0.1) is 5.56 Å². The summed E-state index contributed by atoms with van der Waals surface area (Å²) in [5, 5.41) is 13.7. The van der Waals surface area contributed by atoms with E-state index in [1.807, 2.05) is 12.1 Å². The number of anilines is 1. The maximum absolute atomic E-state index is 14.3. The van der Waals surface area contributed by atoms with Crippen LogP contribution in [-0.4, -0.2) is 45.3 Å². The molecule has 2 aromatic carbocycles. The Hall–Kier alpha value is -2.96. The van der Waals surface area contributed by atoms with Gasteiger partial charge in [0.2, 0.25) is 0 Å². The van der Waals surface area contributed by atoms with Crippen LogP contribution in [0.15, 0.2) is 36.4 Å². The van der Waals surface area contributed by atoms with Crippen LogP contribution in [0.25, 0.3) is 11.0 Å². The van der Waals surface area contributed by atoms with Crippen LogP contribution in [0.2, 0.25) is 0 Å². The fourth-order valence-corrected chi connectivity index (χ4v) is 3.39. The predicted octanol–water partition coefficient (Wildman–Crippen LogP) is 3.12. The second kappa shape index (κ2) is 6.74. The third-order valence-corrected chi connectivity index (χ3v) is 4.81. The Labute approximate surface area is 150 Å². The first kappa shape index (κ1) is 16.5. The Bertz CT molecular complexity index is 946. The smallest absolute Gasteiger partial charge is 0.256 e. The number of amides is 1. The van der Waals surface area contributed by atoms with Gasteiger partial charge >= 0.3 is 0 Å². The molecule has 1 fully saturated rings. The lowest BCUT2D eigenvalue weighted by molar-refractivity contribution is 0.0714. The molecule has 0 radical (unpaired) electrons. The number of H-pyrrole nitrogens is 1. The van der Waals surface area contributed by atoms with Gasteiger partial charge in [0.15, 0.2) is 0 Å². The molecule has 0 unspecified atom stereocenters. The van der Waals surface area contributed by atoms with Crippen molar-refractivity contribution in [2.45, 2.75) is 25.8 Å². The Morgan fingerprint density at radius 3 is 2.65 bits per heavy atom. The Morgan fingerprint density at radius 2 is 1.92 bits per heavy atom. The average molecular weight is 353 g/mol. The average Bonchev–Trinajstić information content (AvgIpc) is 3.08. The summed E-state index contributed by atoms with van der Waals surface area (Å²) in [6.45, 7) is 3.25. The zero-order valence-corrected chi connectivity index (χ0v) is 14.5. The number of fused-ring (bicyclic) bond motifs is 1. The van der Waals surface area contributed by atoms with E-state index in [0.717, 1.165) is 18.5 Å². The van der Waals surface area contributed by atoms with Crippen molar-refractivity contribution in [1.82, 2.24) is 20.3 Å². The first-order valence-corrected chi connectivity index (χ1v) is 8.72. The lowest BCUT2D eigenvalue weighted by Gasteiger charge is -2.33. The molecule has 134 valence electrons. The zero-order valence-electron chi connectivity index (χ0n) is 14.5. The molecule has 26 heavy (non-hydrogen) atoms. The number of halogens is 1. The van der Waals surface area contributed by atoms with Gasteiger partial charge in [-0.05, 0) is 43.5 Å². The Balaban J connectivity index is 1.42. The summed E-state index contributed by atoms with van der Waals surface area (Å²) < 4.78 is 14.3. The molecule has 1 amide bonds. The first-order valence-electron chi connectivity index (χ1n) is 8.72. The van der Waals surface area contributed by atoms with Crippen LogP contribution in [0.5, 0.6) is 0 Å². The van der Waals surface area contributed by atoms with Crippen molar-refractivity contribution >= 4 is 22.6 Å². The number of aromatic nitrogens is 3. The maximum atomic E-state index is 14.3. The lowest BCUT2D eigenvalue weighted by Crippen LogP contribution is -2.42. The molecule has 2 heterocycles. The van der Waals surface area contributed by atoms with Gasteiger partial charge in [0, 0.05) is 30.9 Å². The molecule has 0 aliphatic carbocycles. The number of piperidine rings is 1. The largest absolute Gasteiger partial charge is 0.382 e. The van der Waals surface area contributed by atoms with E-state index in [4.69, 9.17) is 0 Å². The van der Waals surface area contributed by atoms with Crippen LogP contribution < -0.4 is 5.32 Å². The van der Waals surface area contributed by atoms with E-state index in [1.165, 1.54) is 17.7 Å². The topological polar surface area (TPSA) is 73.9 Å². The van der Waals surface area contributed by atoms with Crippen LogP contribution in [0.3, 0.4) is 0 Å². The van der Waals surface area contributed by atoms with Gasteiger partial charge in [-0.3, -0.25) is 4.79 Å². The quantitative estimate of drug-likeness (QED) is 0.759. The van der Waals surface area contributed by atoms with Crippen molar-refractivity contribution in [1.29, 1.82) is 0 Å². The fraction of sp³-hybridized carbons (Fsp3) is 0.316. The summed E-state index contributed by atoms with van der Waals surface area (Å²) in [6.07, 6.45) is 1.65. The number of carbonyl (C=O) groups excluding carboxylic acids is 1. The van der Waals surface area contributed by atoms with Gasteiger partial charge in [0.25, 0.3) is 5.91 Å². The van der Waals surface area contributed by atoms with Crippen molar-refractivity contribution in [3.63, 3.8) is 0 Å². The van der Waals surface area contributed by atoms with E-state index in [0.29, 0.717) is 30.2 Å². The van der Waals surface area contributed by atoms with E-state index in [1.54, 1.807) is 4.90 Å². The van der Waals surface area contributed by atoms with Gasteiger partial charge in [0.1, 0.15) is 16.9 Å². The minimum absolute atomic E-state index is 0.0523. The van der Waals surface area contributed by atoms with Gasteiger partial charge in [-0.1, -0.05) is 12.1 Å². The molecule has 0 atom stereocenters. The summed E-state index contributed by atoms with van der Waals surface area (Å²) in [5.41, 5.74) is 3.26. The highest BCUT2D eigenvalue weighted by molar-refractivity contribution is 5.97. The SMILES string of the molecule is Cc1cccc(NC2CCN(C(=O)c3cc4n[nH]nc4cc3F)CC2)c1. The maximum Gasteiger partial charge on any atom is 0.256 e. The third kappa shape index (κ3) is 3.24.